The molecule has 2 N–H and O–H groups in total. The predicted molar refractivity (Wildman–Crippen MR) is 79.4 cm³/mol. The van der Waals surface area contributed by atoms with Gasteiger partial charge in [0.2, 0.25) is 0 Å². The molecule has 0 aliphatic rings. The molecule has 1 unspecified atom stereocenters. The molecule has 2 aromatic rings. The van der Waals surface area contributed by atoms with Crippen LogP contribution in [0.4, 0.5) is 0 Å². The minimum atomic E-state index is 0.0248. The Kier molecular flexibility index (Phi) is 4.58. The van der Waals surface area contributed by atoms with Gasteiger partial charge in [0.1, 0.15) is 5.75 Å². The molecule has 1 atom stereocenters. The summed E-state index contributed by atoms with van der Waals surface area (Å²) in [7, 11) is 0. The van der Waals surface area contributed by atoms with Crippen LogP contribution in [0.5, 0.6) is 5.75 Å². The van der Waals surface area contributed by atoms with Gasteiger partial charge in [-0.05, 0) is 49.1 Å². The number of aryl methyl sites for hydroxylation is 1. The second kappa shape index (κ2) is 6.39. The maximum atomic E-state index is 6.28. The molecule has 0 amide bonds. The summed E-state index contributed by atoms with van der Waals surface area (Å²) >= 11 is 0. The van der Waals surface area contributed by atoms with Crippen LogP contribution in [0.25, 0.3) is 0 Å². The Morgan fingerprint density at radius 1 is 1.05 bits per heavy atom. The lowest BCUT2D eigenvalue weighted by Gasteiger charge is -2.14. The van der Waals surface area contributed by atoms with Crippen LogP contribution in [0.1, 0.15) is 29.7 Å². The van der Waals surface area contributed by atoms with E-state index in [1.54, 1.807) is 0 Å². The molecule has 0 aliphatic heterocycles. The van der Waals surface area contributed by atoms with Crippen LogP contribution in [0, 0.1) is 6.92 Å². The van der Waals surface area contributed by atoms with Gasteiger partial charge in [-0.2, -0.15) is 0 Å². The van der Waals surface area contributed by atoms with Crippen molar-refractivity contribution in [3.63, 3.8) is 0 Å². The topological polar surface area (TPSA) is 35.2 Å². The van der Waals surface area contributed by atoms with Crippen LogP contribution in [0.15, 0.2) is 48.5 Å². The molecule has 2 heteroatoms. The van der Waals surface area contributed by atoms with Gasteiger partial charge in [0.25, 0.3) is 0 Å². The smallest absolute Gasteiger partial charge is 0.119 e. The van der Waals surface area contributed by atoms with Crippen LogP contribution < -0.4 is 10.5 Å². The summed E-state index contributed by atoms with van der Waals surface area (Å²) < 4.78 is 5.44. The third kappa shape index (κ3) is 3.58. The molecule has 0 fully saturated rings. The lowest BCUT2D eigenvalue weighted by molar-refractivity contribution is 0.340. The minimum Gasteiger partial charge on any atom is -0.494 e. The summed E-state index contributed by atoms with van der Waals surface area (Å²) in [6.45, 7) is 4.80. The van der Waals surface area contributed by atoms with E-state index in [4.69, 9.17) is 10.5 Å². The summed E-state index contributed by atoms with van der Waals surface area (Å²) in [6.07, 6.45) is 0.862. The molecular weight excluding hydrogens is 234 g/mol. The van der Waals surface area contributed by atoms with Crippen LogP contribution >= 0.6 is 0 Å². The minimum absolute atomic E-state index is 0.0248. The molecule has 0 bridgehead atoms. The maximum absolute atomic E-state index is 6.28. The summed E-state index contributed by atoms with van der Waals surface area (Å²) in [4.78, 5) is 0. The van der Waals surface area contributed by atoms with E-state index < -0.39 is 0 Å². The third-order valence-corrected chi connectivity index (χ3v) is 3.32. The highest BCUT2D eigenvalue weighted by Gasteiger charge is 2.08. The van der Waals surface area contributed by atoms with E-state index >= 15 is 0 Å². The van der Waals surface area contributed by atoms with Crippen molar-refractivity contribution in [1.29, 1.82) is 0 Å². The van der Waals surface area contributed by atoms with E-state index in [1.807, 2.05) is 31.2 Å². The van der Waals surface area contributed by atoms with Crippen molar-refractivity contribution in [2.75, 3.05) is 6.61 Å². The zero-order valence-electron chi connectivity index (χ0n) is 11.6. The van der Waals surface area contributed by atoms with Gasteiger partial charge < -0.3 is 10.5 Å². The number of rotatable bonds is 5. The van der Waals surface area contributed by atoms with Gasteiger partial charge in [0.05, 0.1) is 6.61 Å². The number of hydrogen-bond donors (Lipinski definition) is 1. The van der Waals surface area contributed by atoms with Crippen molar-refractivity contribution in [3.05, 3.63) is 65.2 Å². The molecule has 2 rings (SSSR count). The lowest BCUT2D eigenvalue weighted by Crippen LogP contribution is -2.13. The number of ether oxygens (including phenoxy) is 1. The fourth-order valence-corrected chi connectivity index (χ4v) is 2.17. The molecule has 19 heavy (non-hydrogen) atoms. The van der Waals surface area contributed by atoms with Gasteiger partial charge in [-0.25, -0.2) is 0 Å². The number of hydrogen-bond acceptors (Lipinski definition) is 2. The van der Waals surface area contributed by atoms with E-state index in [0.29, 0.717) is 6.61 Å². The molecule has 0 spiro atoms. The van der Waals surface area contributed by atoms with Gasteiger partial charge in [0, 0.05) is 6.04 Å². The SMILES string of the molecule is CCOc1ccc(C(N)Cc2ccccc2C)cc1. The van der Waals surface area contributed by atoms with Crippen molar-refractivity contribution >= 4 is 0 Å². The fourth-order valence-electron chi connectivity index (χ4n) is 2.17. The van der Waals surface area contributed by atoms with Crippen LogP contribution in [0.2, 0.25) is 0 Å². The average molecular weight is 255 g/mol. The van der Waals surface area contributed by atoms with Crippen molar-refractivity contribution < 1.29 is 4.74 Å². The first-order valence-corrected chi connectivity index (χ1v) is 6.73. The molecule has 0 radical (unpaired) electrons. The predicted octanol–water partition coefficient (Wildman–Crippen LogP) is 3.64. The van der Waals surface area contributed by atoms with Gasteiger partial charge >= 0.3 is 0 Å². The summed E-state index contributed by atoms with van der Waals surface area (Å²) in [5.41, 5.74) is 10.0. The molecule has 2 nitrogen and oxygen atoms in total. The molecule has 0 saturated carbocycles. The van der Waals surface area contributed by atoms with E-state index in [-0.39, 0.29) is 6.04 Å². The third-order valence-electron chi connectivity index (χ3n) is 3.32. The lowest BCUT2D eigenvalue weighted by atomic mass is 9.97. The molecule has 0 aromatic heterocycles. The monoisotopic (exact) mass is 255 g/mol. The Morgan fingerprint density at radius 2 is 1.74 bits per heavy atom. The van der Waals surface area contributed by atoms with Gasteiger partial charge in [-0.1, -0.05) is 36.4 Å². The number of nitrogens with two attached hydrogens (primary N) is 1. The molecular formula is C17H21NO. The van der Waals surface area contributed by atoms with E-state index in [0.717, 1.165) is 17.7 Å². The molecule has 2 aromatic carbocycles. The van der Waals surface area contributed by atoms with Crippen LogP contribution in [0.3, 0.4) is 0 Å². The van der Waals surface area contributed by atoms with Gasteiger partial charge in [-0.3, -0.25) is 0 Å². The van der Waals surface area contributed by atoms with Crippen molar-refractivity contribution in [1.82, 2.24) is 0 Å². The standard InChI is InChI=1S/C17H21NO/c1-3-19-16-10-8-14(9-11-16)17(18)12-15-7-5-4-6-13(15)2/h4-11,17H,3,12,18H2,1-2H3. The molecule has 100 valence electrons. The quantitative estimate of drug-likeness (QED) is 0.885. The Hall–Kier alpha value is -1.80. The molecule has 0 saturated heterocycles. The Morgan fingerprint density at radius 3 is 2.37 bits per heavy atom. The zero-order valence-corrected chi connectivity index (χ0v) is 11.6. The normalized spacial score (nSPS) is 12.2. The summed E-state index contributed by atoms with van der Waals surface area (Å²) in [6, 6.07) is 16.5. The first-order valence-electron chi connectivity index (χ1n) is 6.73. The summed E-state index contributed by atoms with van der Waals surface area (Å²) in [5, 5.41) is 0. The molecule has 0 heterocycles. The zero-order chi connectivity index (χ0) is 13.7. The molecule has 0 aliphatic carbocycles. The highest BCUT2D eigenvalue weighted by Crippen LogP contribution is 2.21. The van der Waals surface area contributed by atoms with E-state index in [9.17, 15) is 0 Å². The second-order valence-corrected chi connectivity index (χ2v) is 4.74. The van der Waals surface area contributed by atoms with Gasteiger partial charge in [-0.15, -0.1) is 0 Å². The highest BCUT2D eigenvalue weighted by molar-refractivity contribution is 5.32. The second-order valence-electron chi connectivity index (χ2n) is 4.74. The largest absolute Gasteiger partial charge is 0.494 e. The maximum Gasteiger partial charge on any atom is 0.119 e. The van der Waals surface area contributed by atoms with Crippen LogP contribution in [-0.4, -0.2) is 6.61 Å². The first kappa shape index (κ1) is 13.6. The Labute approximate surface area is 115 Å². The highest BCUT2D eigenvalue weighted by atomic mass is 16.5. The number of benzene rings is 2. The average Bonchev–Trinajstić information content (AvgIpc) is 2.42. The van der Waals surface area contributed by atoms with Gasteiger partial charge in [0.15, 0.2) is 0 Å². The van der Waals surface area contributed by atoms with Crippen molar-refractivity contribution in [2.24, 2.45) is 5.73 Å². The van der Waals surface area contributed by atoms with Crippen molar-refractivity contribution in [3.8, 4) is 5.75 Å². The fraction of sp³-hybridized carbons (Fsp3) is 0.294. The van der Waals surface area contributed by atoms with E-state index in [1.165, 1.54) is 11.1 Å². The Bertz CT molecular complexity index is 519. The Balaban J connectivity index is 2.07. The van der Waals surface area contributed by atoms with Crippen molar-refractivity contribution in [2.45, 2.75) is 26.3 Å². The van der Waals surface area contributed by atoms with E-state index in [2.05, 4.69) is 31.2 Å². The van der Waals surface area contributed by atoms with Crippen LogP contribution in [-0.2, 0) is 6.42 Å². The summed E-state index contributed by atoms with van der Waals surface area (Å²) in [5.74, 6) is 0.898. The first-order chi connectivity index (χ1) is 9.20.